The second-order valence-corrected chi connectivity index (χ2v) is 8.73. The molecule has 1 aliphatic heterocycles. The molecule has 0 radical (unpaired) electrons. The molecule has 7 nitrogen and oxygen atoms in total. The number of fused-ring (bicyclic) bond motifs is 2. The summed E-state index contributed by atoms with van der Waals surface area (Å²) in [7, 11) is 3.45. The monoisotopic (exact) mass is 478 g/mol. The molecule has 2 aromatic heterocycles. The first kappa shape index (κ1) is 21.7. The average molecular weight is 479 g/mol. The molecular formula is C29H22N2O5. The van der Waals surface area contributed by atoms with Gasteiger partial charge in [0.1, 0.15) is 11.3 Å². The molecule has 1 unspecified atom stereocenters. The normalized spacial score (nSPS) is 15.9. The standard InChI is InChI=1S/C29H22N2O5/c1-30-16-21(20-11-4-5-12-22(20)30)26-25(27(32)24-14-17-8-3-6-13-23(17)36-24)28(33)29(34)31(26)18-9-7-10-19(15-18)35-2/h3-16,26,33H,1-2H3. The van der Waals surface area contributed by atoms with E-state index in [0.717, 1.165) is 16.3 Å². The molecule has 1 N–H and O–H groups in total. The topological polar surface area (TPSA) is 84.9 Å². The Morgan fingerprint density at radius 3 is 2.58 bits per heavy atom. The smallest absolute Gasteiger partial charge is 0.294 e. The summed E-state index contributed by atoms with van der Waals surface area (Å²) in [6.45, 7) is 0. The Balaban J connectivity index is 1.57. The number of para-hydroxylation sites is 2. The lowest BCUT2D eigenvalue weighted by Crippen LogP contribution is -2.31. The third kappa shape index (κ3) is 3.20. The number of ether oxygens (including phenoxy) is 1. The number of aliphatic hydroxyl groups excluding tert-OH is 1. The number of carbonyl (C=O) groups excluding carboxylic acids is 2. The fraction of sp³-hybridized carbons (Fsp3) is 0.103. The van der Waals surface area contributed by atoms with Crippen molar-refractivity contribution in [2.45, 2.75) is 6.04 Å². The van der Waals surface area contributed by atoms with Gasteiger partial charge in [-0.2, -0.15) is 0 Å². The largest absolute Gasteiger partial charge is 0.503 e. The third-order valence-electron chi connectivity index (χ3n) is 6.66. The second-order valence-electron chi connectivity index (χ2n) is 8.73. The predicted octanol–water partition coefficient (Wildman–Crippen LogP) is 5.72. The Morgan fingerprint density at radius 2 is 1.78 bits per heavy atom. The first-order valence-electron chi connectivity index (χ1n) is 11.5. The molecule has 3 heterocycles. The second kappa shape index (κ2) is 8.16. The van der Waals surface area contributed by atoms with Crippen molar-refractivity contribution >= 4 is 39.2 Å². The van der Waals surface area contributed by atoms with E-state index in [0.29, 0.717) is 22.6 Å². The molecule has 5 aromatic rings. The first-order valence-corrected chi connectivity index (χ1v) is 11.5. The molecular weight excluding hydrogens is 456 g/mol. The maximum atomic E-state index is 13.9. The highest BCUT2D eigenvalue weighted by Gasteiger charge is 2.46. The van der Waals surface area contributed by atoms with E-state index in [2.05, 4.69) is 0 Å². The van der Waals surface area contributed by atoms with Gasteiger partial charge in [0.25, 0.3) is 5.91 Å². The van der Waals surface area contributed by atoms with Crippen LogP contribution in [0.2, 0.25) is 0 Å². The number of benzene rings is 3. The Morgan fingerprint density at radius 1 is 1.00 bits per heavy atom. The molecule has 3 aromatic carbocycles. The SMILES string of the molecule is COc1cccc(N2C(=O)C(O)=C(C(=O)c3cc4ccccc4o3)C2c2cn(C)c3ccccc23)c1. The van der Waals surface area contributed by atoms with Crippen molar-refractivity contribution in [1.29, 1.82) is 0 Å². The van der Waals surface area contributed by atoms with Crippen LogP contribution >= 0.6 is 0 Å². The summed E-state index contributed by atoms with van der Waals surface area (Å²) in [6.07, 6.45) is 1.89. The Kier molecular flexibility index (Phi) is 4.93. The maximum Gasteiger partial charge on any atom is 0.294 e. The number of aromatic nitrogens is 1. The number of amides is 1. The summed E-state index contributed by atoms with van der Waals surface area (Å²) in [6, 6.07) is 22.8. The van der Waals surface area contributed by atoms with Crippen LogP contribution in [0.3, 0.4) is 0 Å². The minimum Gasteiger partial charge on any atom is -0.503 e. The number of nitrogens with zero attached hydrogens (tertiary/aromatic N) is 2. The molecule has 1 aliphatic rings. The van der Waals surface area contributed by atoms with Crippen LogP contribution in [0.5, 0.6) is 5.75 Å². The van der Waals surface area contributed by atoms with Crippen molar-refractivity contribution in [2.75, 3.05) is 12.0 Å². The van der Waals surface area contributed by atoms with Gasteiger partial charge in [-0.3, -0.25) is 14.5 Å². The zero-order valence-corrected chi connectivity index (χ0v) is 19.6. The van der Waals surface area contributed by atoms with E-state index in [1.165, 1.54) is 4.90 Å². The molecule has 7 heteroatoms. The zero-order valence-electron chi connectivity index (χ0n) is 19.6. The molecule has 0 saturated heterocycles. The van der Waals surface area contributed by atoms with Gasteiger partial charge >= 0.3 is 0 Å². The maximum absolute atomic E-state index is 13.9. The van der Waals surface area contributed by atoms with Gasteiger partial charge in [0.2, 0.25) is 5.78 Å². The highest BCUT2D eigenvalue weighted by atomic mass is 16.5. The van der Waals surface area contributed by atoms with Gasteiger partial charge in [-0.1, -0.05) is 42.5 Å². The van der Waals surface area contributed by atoms with E-state index in [1.54, 1.807) is 43.5 Å². The number of ketones is 1. The van der Waals surface area contributed by atoms with E-state index in [9.17, 15) is 14.7 Å². The number of Topliss-reactive ketones (excluding diaryl/α,β-unsaturated/α-hetero) is 1. The van der Waals surface area contributed by atoms with Crippen LogP contribution in [0.15, 0.2) is 101 Å². The molecule has 36 heavy (non-hydrogen) atoms. The van der Waals surface area contributed by atoms with Gasteiger partial charge in [-0.25, -0.2) is 0 Å². The number of aliphatic hydroxyl groups is 1. The lowest BCUT2D eigenvalue weighted by Gasteiger charge is -2.26. The molecule has 0 spiro atoms. The number of carbonyl (C=O) groups is 2. The quantitative estimate of drug-likeness (QED) is 0.327. The van der Waals surface area contributed by atoms with Crippen LogP contribution in [0.1, 0.15) is 22.2 Å². The Bertz CT molecular complexity index is 1670. The van der Waals surface area contributed by atoms with Crippen LogP contribution < -0.4 is 9.64 Å². The van der Waals surface area contributed by atoms with Gasteiger partial charge in [0.05, 0.1) is 18.7 Å². The number of aryl methyl sites for hydroxylation is 1. The molecule has 1 amide bonds. The van der Waals surface area contributed by atoms with Gasteiger partial charge < -0.3 is 18.8 Å². The molecule has 0 saturated carbocycles. The van der Waals surface area contributed by atoms with E-state index < -0.39 is 23.5 Å². The van der Waals surface area contributed by atoms with Gasteiger partial charge in [-0.15, -0.1) is 0 Å². The number of hydrogen-bond donors (Lipinski definition) is 1. The Hall–Kier alpha value is -4.78. The lowest BCUT2D eigenvalue weighted by atomic mass is 9.94. The molecule has 0 aliphatic carbocycles. The van der Waals surface area contributed by atoms with E-state index in [4.69, 9.17) is 9.15 Å². The zero-order chi connectivity index (χ0) is 25.0. The third-order valence-corrected chi connectivity index (χ3v) is 6.66. The van der Waals surface area contributed by atoms with E-state index in [1.807, 2.05) is 60.3 Å². The Labute approximate surface area is 206 Å². The summed E-state index contributed by atoms with van der Waals surface area (Å²) in [5.74, 6) is -1.20. The van der Waals surface area contributed by atoms with E-state index in [-0.39, 0.29) is 11.3 Å². The molecule has 0 fully saturated rings. The van der Waals surface area contributed by atoms with Crippen LogP contribution in [0.4, 0.5) is 5.69 Å². The van der Waals surface area contributed by atoms with Crippen molar-refractivity contribution < 1.29 is 23.8 Å². The molecule has 6 rings (SSSR count). The minimum atomic E-state index is -0.878. The van der Waals surface area contributed by atoms with Crippen LogP contribution in [0.25, 0.3) is 21.9 Å². The average Bonchev–Trinajstić information content (AvgIpc) is 3.56. The van der Waals surface area contributed by atoms with Crippen molar-refractivity contribution in [3.05, 3.63) is 108 Å². The molecule has 1 atom stereocenters. The van der Waals surface area contributed by atoms with Crippen molar-refractivity contribution in [2.24, 2.45) is 7.05 Å². The fourth-order valence-corrected chi connectivity index (χ4v) is 4.98. The highest BCUT2D eigenvalue weighted by molar-refractivity contribution is 6.21. The summed E-state index contributed by atoms with van der Waals surface area (Å²) in [5, 5.41) is 12.8. The van der Waals surface area contributed by atoms with Gasteiger partial charge in [0, 0.05) is 46.9 Å². The van der Waals surface area contributed by atoms with E-state index >= 15 is 0 Å². The van der Waals surface area contributed by atoms with Crippen LogP contribution in [0, 0.1) is 0 Å². The number of hydrogen-bond acceptors (Lipinski definition) is 5. The molecule has 0 bridgehead atoms. The fourth-order valence-electron chi connectivity index (χ4n) is 4.98. The van der Waals surface area contributed by atoms with Crippen LogP contribution in [-0.4, -0.2) is 28.5 Å². The van der Waals surface area contributed by atoms with Crippen molar-refractivity contribution in [1.82, 2.24) is 4.57 Å². The summed E-state index contributed by atoms with van der Waals surface area (Å²) >= 11 is 0. The van der Waals surface area contributed by atoms with Crippen molar-refractivity contribution in [3.63, 3.8) is 0 Å². The van der Waals surface area contributed by atoms with Gasteiger partial charge in [-0.05, 0) is 30.3 Å². The number of anilines is 1. The summed E-state index contributed by atoms with van der Waals surface area (Å²) < 4.78 is 13.1. The summed E-state index contributed by atoms with van der Waals surface area (Å²) in [5.41, 5.74) is 2.67. The lowest BCUT2D eigenvalue weighted by molar-refractivity contribution is -0.117. The number of rotatable bonds is 5. The predicted molar refractivity (Wildman–Crippen MR) is 136 cm³/mol. The highest BCUT2D eigenvalue weighted by Crippen LogP contribution is 2.45. The summed E-state index contributed by atoms with van der Waals surface area (Å²) in [4.78, 5) is 28.9. The van der Waals surface area contributed by atoms with Crippen LogP contribution in [-0.2, 0) is 11.8 Å². The molecule has 178 valence electrons. The first-order chi connectivity index (χ1) is 17.5. The minimum absolute atomic E-state index is 0.0294. The van der Waals surface area contributed by atoms with Gasteiger partial charge in [0.15, 0.2) is 11.5 Å². The number of furan rings is 1. The van der Waals surface area contributed by atoms with Crippen molar-refractivity contribution in [3.8, 4) is 5.75 Å². The number of methoxy groups -OCH3 is 1.